The SMILES string of the molecule is O=C(NCC1CCS(=O)(=O)C1)OCCCCCCO. The number of ether oxygens (including phenoxy) is 1. The van der Waals surface area contributed by atoms with Crippen molar-refractivity contribution in [3.8, 4) is 0 Å². The van der Waals surface area contributed by atoms with Crippen molar-refractivity contribution in [3.05, 3.63) is 0 Å². The third-order valence-corrected chi connectivity index (χ3v) is 4.98. The van der Waals surface area contributed by atoms with E-state index in [1.165, 1.54) is 0 Å². The molecule has 1 saturated heterocycles. The molecule has 19 heavy (non-hydrogen) atoms. The lowest BCUT2D eigenvalue weighted by Crippen LogP contribution is -2.30. The van der Waals surface area contributed by atoms with E-state index >= 15 is 0 Å². The van der Waals surface area contributed by atoms with E-state index in [-0.39, 0.29) is 24.0 Å². The van der Waals surface area contributed by atoms with Crippen LogP contribution in [0.2, 0.25) is 0 Å². The molecule has 1 aliphatic rings. The van der Waals surface area contributed by atoms with Gasteiger partial charge in [0.05, 0.1) is 18.1 Å². The van der Waals surface area contributed by atoms with Crippen LogP contribution in [0, 0.1) is 5.92 Å². The number of amides is 1. The number of carbonyl (C=O) groups is 1. The Kier molecular flexibility index (Phi) is 7.15. The zero-order valence-corrected chi connectivity index (χ0v) is 12.0. The van der Waals surface area contributed by atoms with Crippen LogP contribution in [0.5, 0.6) is 0 Å². The quantitative estimate of drug-likeness (QED) is 0.643. The van der Waals surface area contributed by atoms with E-state index in [1.807, 2.05) is 0 Å². The van der Waals surface area contributed by atoms with Crippen molar-refractivity contribution in [2.24, 2.45) is 5.92 Å². The minimum atomic E-state index is -2.89. The molecule has 112 valence electrons. The van der Waals surface area contributed by atoms with Gasteiger partial charge in [-0.05, 0) is 31.6 Å². The van der Waals surface area contributed by atoms with Crippen LogP contribution in [-0.2, 0) is 14.6 Å². The number of unbranched alkanes of at least 4 members (excludes halogenated alkanes) is 3. The highest BCUT2D eigenvalue weighted by molar-refractivity contribution is 7.91. The van der Waals surface area contributed by atoms with Crippen LogP contribution in [0.15, 0.2) is 0 Å². The summed E-state index contributed by atoms with van der Waals surface area (Å²) >= 11 is 0. The summed E-state index contributed by atoms with van der Waals surface area (Å²) in [5, 5.41) is 11.2. The van der Waals surface area contributed by atoms with E-state index in [0.717, 1.165) is 25.7 Å². The minimum Gasteiger partial charge on any atom is -0.450 e. The molecule has 2 N–H and O–H groups in total. The molecule has 0 aromatic heterocycles. The van der Waals surface area contributed by atoms with Crippen LogP contribution < -0.4 is 5.32 Å². The summed E-state index contributed by atoms with van der Waals surface area (Å²) in [5.74, 6) is 0.398. The van der Waals surface area contributed by atoms with Gasteiger partial charge in [0.25, 0.3) is 0 Å². The molecule has 7 heteroatoms. The molecule has 0 saturated carbocycles. The maximum atomic E-state index is 11.3. The van der Waals surface area contributed by atoms with Crippen LogP contribution in [0.3, 0.4) is 0 Å². The lowest BCUT2D eigenvalue weighted by atomic mass is 10.1. The van der Waals surface area contributed by atoms with Gasteiger partial charge in [-0.25, -0.2) is 13.2 Å². The van der Waals surface area contributed by atoms with Gasteiger partial charge in [-0.15, -0.1) is 0 Å². The summed E-state index contributed by atoms with van der Waals surface area (Å²) in [6, 6.07) is 0. The first-order chi connectivity index (χ1) is 9.03. The number of aliphatic hydroxyl groups is 1. The molecule has 6 nitrogen and oxygen atoms in total. The molecule has 0 aliphatic carbocycles. The zero-order chi connectivity index (χ0) is 14.1. The van der Waals surface area contributed by atoms with Gasteiger partial charge in [0.1, 0.15) is 0 Å². The molecular weight excluding hydrogens is 270 g/mol. The third kappa shape index (κ3) is 7.37. The van der Waals surface area contributed by atoms with Crippen molar-refractivity contribution < 1.29 is 23.1 Å². The molecule has 0 aromatic rings. The summed E-state index contributed by atoms with van der Waals surface area (Å²) in [7, 11) is -2.89. The van der Waals surface area contributed by atoms with Gasteiger partial charge in [0.15, 0.2) is 9.84 Å². The fourth-order valence-corrected chi connectivity index (χ4v) is 3.91. The van der Waals surface area contributed by atoms with Crippen LogP contribution in [0.25, 0.3) is 0 Å². The van der Waals surface area contributed by atoms with Gasteiger partial charge in [-0.3, -0.25) is 0 Å². The molecule has 1 unspecified atom stereocenters. The molecule has 1 fully saturated rings. The smallest absolute Gasteiger partial charge is 0.407 e. The Morgan fingerprint density at radius 1 is 1.26 bits per heavy atom. The number of nitrogens with one attached hydrogen (secondary N) is 1. The molecule has 1 amide bonds. The lowest BCUT2D eigenvalue weighted by Gasteiger charge is -2.10. The largest absolute Gasteiger partial charge is 0.450 e. The van der Waals surface area contributed by atoms with Gasteiger partial charge in [0.2, 0.25) is 0 Å². The summed E-state index contributed by atoms with van der Waals surface area (Å²) in [6.07, 6.45) is 3.56. The fourth-order valence-electron chi connectivity index (χ4n) is 2.04. The van der Waals surface area contributed by atoms with E-state index in [1.54, 1.807) is 0 Å². The molecular formula is C12H23NO5S. The Balaban J connectivity index is 1.99. The van der Waals surface area contributed by atoms with Crippen LogP contribution in [-0.4, -0.2) is 50.9 Å². The first-order valence-corrected chi connectivity index (χ1v) is 8.57. The summed E-state index contributed by atoms with van der Waals surface area (Å²) in [5.41, 5.74) is 0. The average molecular weight is 293 g/mol. The fraction of sp³-hybridized carbons (Fsp3) is 0.917. The number of sulfone groups is 1. The molecule has 1 heterocycles. The second-order valence-corrected chi connectivity index (χ2v) is 7.15. The van der Waals surface area contributed by atoms with Crippen molar-refractivity contribution in [2.45, 2.75) is 32.1 Å². The van der Waals surface area contributed by atoms with Gasteiger partial charge < -0.3 is 15.2 Å². The van der Waals surface area contributed by atoms with E-state index < -0.39 is 15.9 Å². The Morgan fingerprint density at radius 2 is 2.00 bits per heavy atom. The third-order valence-electron chi connectivity index (χ3n) is 3.15. The van der Waals surface area contributed by atoms with Gasteiger partial charge in [-0.2, -0.15) is 0 Å². The molecule has 1 rings (SSSR count). The van der Waals surface area contributed by atoms with E-state index in [4.69, 9.17) is 9.84 Å². The number of rotatable bonds is 8. The molecule has 1 atom stereocenters. The highest BCUT2D eigenvalue weighted by Gasteiger charge is 2.27. The van der Waals surface area contributed by atoms with Crippen molar-refractivity contribution in [3.63, 3.8) is 0 Å². The number of alkyl carbamates (subject to hydrolysis) is 1. The van der Waals surface area contributed by atoms with E-state index in [2.05, 4.69) is 5.32 Å². The van der Waals surface area contributed by atoms with Crippen molar-refractivity contribution in [2.75, 3.05) is 31.3 Å². The van der Waals surface area contributed by atoms with Gasteiger partial charge >= 0.3 is 6.09 Å². The van der Waals surface area contributed by atoms with Gasteiger partial charge in [0, 0.05) is 13.2 Å². The van der Waals surface area contributed by atoms with Crippen LogP contribution >= 0.6 is 0 Å². The Morgan fingerprint density at radius 3 is 2.63 bits per heavy atom. The standard InChI is InChI=1S/C12H23NO5S/c14-6-3-1-2-4-7-18-12(15)13-9-11-5-8-19(16,17)10-11/h11,14H,1-10H2,(H,13,15). The predicted molar refractivity (Wildman–Crippen MR) is 71.7 cm³/mol. The second kappa shape index (κ2) is 8.37. The molecule has 0 spiro atoms. The highest BCUT2D eigenvalue weighted by atomic mass is 32.2. The maximum Gasteiger partial charge on any atom is 0.407 e. The minimum absolute atomic E-state index is 0.0158. The number of hydrogen-bond donors (Lipinski definition) is 2. The van der Waals surface area contributed by atoms with E-state index in [0.29, 0.717) is 19.6 Å². The van der Waals surface area contributed by atoms with Crippen LogP contribution in [0.4, 0.5) is 4.79 Å². The second-order valence-electron chi connectivity index (χ2n) is 4.92. The average Bonchev–Trinajstić information content (AvgIpc) is 2.71. The Hall–Kier alpha value is -0.820. The number of carbonyl (C=O) groups excluding carboxylic acids is 1. The first kappa shape index (κ1) is 16.2. The van der Waals surface area contributed by atoms with Crippen molar-refractivity contribution in [1.29, 1.82) is 0 Å². The van der Waals surface area contributed by atoms with Crippen molar-refractivity contribution >= 4 is 15.9 Å². The normalized spacial score (nSPS) is 21.2. The Bertz CT molecular complexity index is 368. The molecule has 0 bridgehead atoms. The lowest BCUT2D eigenvalue weighted by molar-refractivity contribution is 0.142. The first-order valence-electron chi connectivity index (χ1n) is 6.75. The molecule has 0 radical (unpaired) electrons. The topological polar surface area (TPSA) is 92.7 Å². The molecule has 0 aromatic carbocycles. The van der Waals surface area contributed by atoms with E-state index in [9.17, 15) is 13.2 Å². The predicted octanol–water partition coefficient (Wildman–Crippen LogP) is 0.700. The number of hydrogen-bond acceptors (Lipinski definition) is 5. The zero-order valence-electron chi connectivity index (χ0n) is 11.1. The summed E-state index contributed by atoms with van der Waals surface area (Å²) in [6.45, 7) is 0.925. The monoisotopic (exact) mass is 293 g/mol. The van der Waals surface area contributed by atoms with Crippen LogP contribution in [0.1, 0.15) is 32.1 Å². The number of aliphatic hydroxyl groups excluding tert-OH is 1. The molecule has 1 aliphatic heterocycles. The summed E-state index contributed by atoms with van der Waals surface area (Å²) in [4.78, 5) is 11.3. The Labute approximate surface area is 114 Å². The van der Waals surface area contributed by atoms with Gasteiger partial charge in [-0.1, -0.05) is 6.42 Å². The summed E-state index contributed by atoms with van der Waals surface area (Å²) < 4.78 is 27.4. The highest BCUT2D eigenvalue weighted by Crippen LogP contribution is 2.17. The van der Waals surface area contributed by atoms with Crippen molar-refractivity contribution in [1.82, 2.24) is 5.32 Å². The maximum absolute atomic E-state index is 11.3.